The van der Waals surface area contributed by atoms with Crippen LogP contribution in [0.5, 0.6) is 0 Å². The van der Waals surface area contributed by atoms with Crippen LogP contribution in [0.25, 0.3) is 0 Å². The van der Waals surface area contributed by atoms with Gasteiger partial charge in [-0.3, -0.25) is 9.59 Å². The van der Waals surface area contributed by atoms with Crippen LogP contribution >= 0.6 is 0 Å². The fourth-order valence-electron chi connectivity index (χ4n) is 5.01. The van der Waals surface area contributed by atoms with Crippen LogP contribution in [-0.2, 0) is 29.0 Å². The van der Waals surface area contributed by atoms with E-state index in [1.807, 2.05) is 61.5 Å². The van der Waals surface area contributed by atoms with Gasteiger partial charge in [-0.2, -0.15) is 0 Å². The highest BCUT2D eigenvalue weighted by molar-refractivity contribution is 5.89. The Balaban J connectivity index is 1.66. The molecule has 1 aliphatic rings. The summed E-state index contributed by atoms with van der Waals surface area (Å²) in [5, 5.41) is 3.24. The van der Waals surface area contributed by atoms with Crippen LogP contribution in [0.4, 0.5) is 4.39 Å². The molecule has 0 aliphatic heterocycles. The summed E-state index contributed by atoms with van der Waals surface area (Å²) < 4.78 is 14.5. The minimum absolute atomic E-state index is 0.0967. The van der Waals surface area contributed by atoms with Crippen LogP contribution < -0.4 is 5.32 Å². The first-order chi connectivity index (χ1) is 17.5. The van der Waals surface area contributed by atoms with Crippen LogP contribution in [0.15, 0.2) is 78.9 Å². The van der Waals surface area contributed by atoms with Crippen molar-refractivity contribution in [2.75, 3.05) is 0 Å². The van der Waals surface area contributed by atoms with Gasteiger partial charge in [-0.05, 0) is 42.5 Å². The number of carbonyl (C=O) groups is 2. The number of hydrogen-bond donors (Lipinski definition) is 1. The molecule has 3 aromatic carbocycles. The highest BCUT2D eigenvalue weighted by atomic mass is 19.1. The molecule has 1 N–H and O–H groups in total. The predicted molar refractivity (Wildman–Crippen MR) is 141 cm³/mol. The first kappa shape index (κ1) is 25.6. The lowest BCUT2D eigenvalue weighted by molar-refractivity contribution is -0.141. The Morgan fingerprint density at radius 1 is 0.917 bits per heavy atom. The molecule has 188 valence electrons. The molecule has 4 nitrogen and oxygen atoms in total. The Hall–Kier alpha value is -3.47. The largest absolute Gasteiger partial charge is 0.352 e. The smallest absolute Gasteiger partial charge is 0.243 e. The summed E-state index contributed by atoms with van der Waals surface area (Å²) in [6.45, 7) is 2.29. The monoisotopic (exact) mass is 486 g/mol. The van der Waals surface area contributed by atoms with Crippen molar-refractivity contribution < 1.29 is 14.0 Å². The third-order valence-corrected chi connectivity index (χ3v) is 6.96. The number of nitrogens with one attached hydrogen (secondary N) is 1. The van der Waals surface area contributed by atoms with Gasteiger partial charge in [0.25, 0.3) is 0 Å². The molecule has 5 heteroatoms. The van der Waals surface area contributed by atoms with Gasteiger partial charge in [0.05, 0.1) is 6.42 Å². The van der Waals surface area contributed by atoms with E-state index in [2.05, 4.69) is 5.32 Å². The Labute approximate surface area is 213 Å². The fraction of sp³-hybridized carbons (Fsp3) is 0.355. The fourth-order valence-corrected chi connectivity index (χ4v) is 5.01. The Morgan fingerprint density at radius 2 is 1.61 bits per heavy atom. The molecule has 4 rings (SSSR count). The zero-order chi connectivity index (χ0) is 25.3. The van der Waals surface area contributed by atoms with Crippen molar-refractivity contribution in [2.45, 2.75) is 70.5 Å². The molecule has 0 unspecified atom stereocenters. The van der Waals surface area contributed by atoms with Gasteiger partial charge in [0.2, 0.25) is 11.8 Å². The lowest BCUT2D eigenvalue weighted by Gasteiger charge is -2.33. The molecular formula is C31H35FN2O2. The Bertz CT molecular complexity index is 1160. The van der Waals surface area contributed by atoms with Crippen molar-refractivity contribution in [3.8, 4) is 0 Å². The number of nitrogens with zero attached hydrogens (tertiary/aromatic N) is 1. The quantitative estimate of drug-likeness (QED) is 0.418. The first-order valence-corrected chi connectivity index (χ1v) is 12.9. The normalized spacial score (nSPS) is 14.7. The molecule has 0 saturated heterocycles. The molecule has 0 radical (unpaired) electrons. The maximum Gasteiger partial charge on any atom is 0.243 e. The van der Waals surface area contributed by atoms with E-state index in [0.717, 1.165) is 42.4 Å². The maximum atomic E-state index is 14.5. The van der Waals surface area contributed by atoms with Crippen molar-refractivity contribution >= 4 is 11.8 Å². The molecule has 1 aliphatic carbocycles. The molecule has 0 spiro atoms. The van der Waals surface area contributed by atoms with Gasteiger partial charge in [-0.1, -0.05) is 97.6 Å². The minimum atomic E-state index is -0.700. The van der Waals surface area contributed by atoms with E-state index in [1.54, 1.807) is 23.1 Å². The lowest BCUT2D eigenvalue weighted by Crippen LogP contribution is -2.53. The molecule has 1 atom stereocenters. The van der Waals surface area contributed by atoms with E-state index in [4.69, 9.17) is 0 Å². The highest BCUT2D eigenvalue weighted by Crippen LogP contribution is 2.21. The van der Waals surface area contributed by atoms with Gasteiger partial charge in [-0.15, -0.1) is 0 Å². The topological polar surface area (TPSA) is 49.4 Å². The van der Waals surface area contributed by atoms with Gasteiger partial charge >= 0.3 is 0 Å². The number of halogens is 1. The van der Waals surface area contributed by atoms with E-state index < -0.39 is 11.9 Å². The van der Waals surface area contributed by atoms with Gasteiger partial charge < -0.3 is 10.2 Å². The van der Waals surface area contributed by atoms with Crippen molar-refractivity contribution in [1.29, 1.82) is 0 Å². The van der Waals surface area contributed by atoms with Crippen LogP contribution in [0, 0.1) is 12.7 Å². The van der Waals surface area contributed by atoms with Crippen LogP contribution in [0.2, 0.25) is 0 Å². The highest BCUT2D eigenvalue weighted by Gasteiger charge is 2.32. The van der Waals surface area contributed by atoms with Crippen molar-refractivity contribution in [3.63, 3.8) is 0 Å². The summed E-state index contributed by atoms with van der Waals surface area (Å²) in [6, 6.07) is 23.5. The molecule has 0 aromatic heterocycles. The van der Waals surface area contributed by atoms with Crippen LogP contribution in [0.3, 0.4) is 0 Å². The molecular weight excluding hydrogens is 451 g/mol. The maximum absolute atomic E-state index is 14.5. The number of amides is 2. The minimum Gasteiger partial charge on any atom is -0.352 e. The summed E-state index contributed by atoms with van der Waals surface area (Å²) in [7, 11) is 0. The molecule has 0 bridgehead atoms. The Morgan fingerprint density at radius 3 is 2.33 bits per heavy atom. The number of benzene rings is 3. The zero-order valence-corrected chi connectivity index (χ0v) is 21.0. The first-order valence-electron chi connectivity index (χ1n) is 12.9. The average molecular weight is 487 g/mol. The molecule has 1 saturated carbocycles. The van der Waals surface area contributed by atoms with E-state index >= 15 is 0 Å². The number of rotatable bonds is 9. The molecule has 1 fully saturated rings. The summed E-state index contributed by atoms with van der Waals surface area (Å²) in [5.41, 5.74) is 3.35. The van der Waals surface area contributed by atoms with E-state index in [9.17, 15) is 14.0 Å². The summed E-state index contributed by atoms with van der Waals surface area (Å²) in [5.74, 6) is -0.811. The second kappa shape index (κ2) is 12.5. The molecule has 2 amide bonds. The SMILES string of the molecule is Cc1cccc(CN(C(=O)Cc2ccccc2F)[C@@H](Cc2ccccc2)C(=O)NC2CCCCC2)c1. The number of hydrogen-bond acceptors (Lipinski definition) is 2. The van der Waals surface area contributed by atoms with Gasteiger partial charge in [0, 0.05) is 19.0 Å². The van der Waals surface area contributed by atoms with E-state index in [0.29, 0.717) is 12.0 Å². The summed E-state index contributed by atoms with van der Waals surface area (Å²) in [4.78, 5) is 29.2. The van der Waals surface area contributed by atoms with Gasteiger partial charge in [-0.25, -0.2) is 4.39 Å². The standard InChI is InChI=1S/C31H35FN2O2/c1-23-11-10-14-25(19-23)22-34(30(35)21-26-15-8-9-18-28(26)32)29(20-24-12-4-2-5-13-24)31(36)33-27-16-6-3-7-17-27/h2,4-5,8-15,18-19,27,29H,3,6-7,16-17,20-22H2,1H3,(H,33,36)/t29-/m0/s1. The van der Waals surface area contributed by atoms with Crippen LogP contribution in [0.1, 0.15) is 54.4 Å². The van der Waals surface area contributed by atoms with Crippen molar-refractivity contribution in [2.24, 2.45) is 0 Å². The number of aryl methyl sites for hydroxylation is 1. The average Bonchev–Trinajstić information content (AvgIpc) is 2.88. The second-order valence-corrected chi connectivity index (χ2v) is 9.83. The Kier molecular flexibility index (Phi) is 8.88. The van der Waals surface area contributed by atoms with Crippen molar-refractivity contribution in [1.82, 2.24) is 10.2 Å². The summed E-state index contributed by atoms with van der Waals surface area (Å²) in [6.07, 6.45) is 5.63. The van der Waals surface area contributed by atoms with Gasteiger partial charge in [0.1, 0.15) is 11.9 Å². The molecule has 36 heavy (non-hydrogen) atoms. The zero-order valence-electron chi connectivity index (χ0n) is 21.0. The lowest BCUT2D eigenvalue weighted by atomic mass is 9.94. The van der Waals surface area contributed by atoms with Crippen molar-refractivity contribution in [3.05, 3.63) is 107 Å². The van der Waals surface area contributed by atoms with Gasteiger partial charge in [0.15, 0.2) is 0 Å². The van der Waals surface area contributed by atoms with E-state index in [1.165, 1.54) is 12.5 Å². The van der Waals surface area contributed by atoms with E-state index in [-0.39, 0.29) is 30.8 Å². The summed E-state index contributed by atoms with van der Waals surface area (Å²) >= 11 is 0. The third-order valence-electron chi connectivity index (χ3n) is 6.96. The number of carbonyl (C=O) groups excluding carboxylic acids is 2. The third kappa shape index (κ3) is 7.03. The second-order valence-electron chi connectivity index (χ2n) is 9.83. The molecule has 0 heterocycles. The molecule has 3 aromatic rings. The van der Waals surface area contributed by atoms with Crippen LogP contribution in [-0.4, -0.2) is 28.8 Å². The predicted octanol–water partition coefficient (Wildman–Crippen LogP) is 5.77.